The number of nitrogens with one attached hydrogen (secondary N) is 2. The lowest BCUT2D eigenvalue weighted by molar-refractivity contribution is 0.283. The lowest BCUT2D eigenvalue weighted by atomic mass is 9.83. The van der Waals surface area contributed by atoms with E-state index in [1.54, 1.807) is 14.2 Å². The summed E-state index contributed by atoms with van der Waals surface area (Å²) in [5, 5.41) is 6.89. The van der Waals surface area contributed by atoms with Crippen molar-refractivity contribution in [2.24, 2.45) is 10.4 Å². The van der Waals surface area contributed by atoms with Crippen LogP contribution in [0.25, 0.3) is 0 Å². The number of hydrogen-bond donors (Lipinski definition) is 2. The molecule has 2 N–H and O–H groups in total. The Labute approximate surface area is 169 Å². The molecule has 1 aromatic rings. The Morgan fingerprint density at radius 3 is 2.36 bits per heavy atom. The van der Waals surface area contributed by atoms with E-state index in [9.17, 15) is 0 Å². The van der Waals surface area contributed by atoms with E-state index in [-0.39, 0.29) is 24.0 Å². The Balaban J connectivity index is 0.00000312. The number of aliphatic imine (C=N–C) groups is 1. The van der Waals surface area contributed by atoms with Crippen LogP contribution in [-0.4, -0.2) is 33.8 Å². The van der Waals surface area contributed by atoms with Crippen LogP contribution in [-0.2, 0) is 6.54 Å². The summed E-state index contributed by atoms with van der Waals surface area (Å²) in [7, 11) is 5.12. The van der Waals surface area contributed by atoms with E-state index in [0.717, 1.165) is 29.6 Å². The van der Waals surface area contributed by atoms with Crippen molar-refractivity contribution in [3.05, 3.63) is 23.8 Å². The van der Waals surface area contributed by atoms with Gasteiger partial charge in [-0.3, -0.25) is 4.99 Å². The molecule has 142 valence electrons. The summed E-state index contributed by atoms with van der Waals surface area (Å²) in [6.07, 6.45) is 6.58. The molecule has 0 saturated heterocycles. The predicted octanol–water partition coefficient (Wildman–Crippen LogP) is 3.96. The zero-order chi connectivity index (χ0) is 17.4. The highest BCUT2D eigenvalue weighted by Crippen LogP contribution is 2.40. The molecular formula is C19H32IN3O2. The van der Waals surface area contributed by atoms with Crippen LogP contribution in [0.2, 0.25) is 0 Å². The lowest BCUT2D eigenvalue weighted by Gasteiger charge is -2.28. The molecule has 0 radical (unpaired) electrons. The molecule has 0 atom stereocenters. The number of hydrogen-bond acceptors (Lipinski definition) is 3. The first-order valence-electron chi connectivity index (χ1n) is 8.82. The molecule has 0 aromatic heterocycles. The summed E-state index contributed by atoms with van der Waals surface area (Å²) >= 11 is 0. The quantitative estimate of drug-likeness (QED) is 0.367. The summed E-state index contributed by atoms with van der Waals surface area (Å²) in [4.78, 5) is 4.34. The van der Waals surface area contributed by atoms with Gasteiger partial charge in [0.15, 0.2) is 17.5 Å². The summed E-state index contributed by atoms with van der Waals surface area (Å²) in [5.41, 5.74) is 1.57. The SMILES string of the molecule is CCC1(CNC(=NC)NCc2ccc(OC)c(OC)c2)CCCC1.I. The standard InChI is InChI=1S/C19H31N3O2.HI/c1-5-19(10-6-7-11-19)14-22-18(20-2)21-13-15-8-9-16(23-3)17(12-15)24-4;/h8-9,12H,5-7,10-11,13-14H2,1-4H3,(H2,20,21,22);1H. The van der Waals surface area contributed by atoms with Crippen LogP contribution < -0.4 is 20.1 Å². The largest absolute Gasteiger partial charge is 0.493 e. The van der Waals surface area contributed by atoms with Crippen molar-refractivity contribution in [2.45, 2.75) is 45.6 Å². The van der Waals surface area contributed by atoms with E-state index in [1.807, 2.05) is 25.2 Å². The molecule has 25 heavy (non-hydrogen) atoms. The van der Waals surface area contributed by atoms with Crippen LogP contribution in [0.5, 0.6) is 11.5 Å². The van der Waals surface area contributed by atoms with Crippen molar-refractivity contribution >= 4 is 29.9 Å². The van der Waals surface area contributed by atoms with Gasteiger partial charge in [-0.25, -0.2) is 0 Å². The minimum atomic E-state index is 0. The number of rotatable bonds is 7. The predicted molar refractivity (Wildman–Crippen MR) is 114 cm³/mol. The summed E-state index contributed by atoms with van der Waals surface area (Å²) in [6.45, 7) is 3.99. The van der Waals surface area contributed by atoms with Crippen molar-refractivity contribution in [3.8, 4) is 11.5 Å². The summed E-state index contributed by atoms with van der Waals surface area (Å²) in [6, 6.07) is 5.95. The van der Waals surface area contributed by atoms with Gasteiger partial charge in [0.25, 0.3) is 0 Å². The molecule has 0 aliphatic heterocycles. The molecule has 0 bridgehead atoms. The molecule has 6 heteroatoms. The molecule has 1 aliphatic carbocycles. The number of nitrogens with zero attached hydrogens (tertiary/aromatic N) is 1. The smallest absolute Gasteiger partial charge is 0.191 e. The molecule has 0 spiro atoms. The summed E-state index contributed by atoms with van der Waals surface area (Å²) in [5.74, 6) is 2.34. The number of ether oxygens (including phenoxy) is 2. The van der Waals surface area contributed by atoms with Gasteiger partial charge in [-0.05, 0) is 42.4 Å². The number of guanidine groups is 1. The van der Waals surface area contributed by atoms with E-state index in [1.165, 1.54) is 32.1 Å². The fourth-order valence-corrected chi connectivity index (χ4v) is 3.45. The zero-order valence-electron chi connectivity index (χ0n) is 15.9. The van der Waals surface area contributed by atoms with Crippen molar-refractivity contribution in [1.82, 2.24) is 10.6 Å². The van der Waals surface area contributed by atoms with Gasteiger partial charge in [0, 0.05) is 20.1 Å². The van der Waals surface area contributed by atoms with Gasteiger partial charge in [-0.2, -0.15) is 0 Å². The monoisotopic (exact) mass is 461 g/mol. The van der Waals surface area contributed by atoms with Crippen LogP contribution >= 0.6 is 24.0 Å². The number of halogens is 1. The van der Waals surface area contributed by atoms with E-state index < -0.39 is 0 Å². The van der Waals surface area contributed by atoms with E-state index >= 15 is 0 Å². The van der Waals surface area contributed by atoms with Crippen LogP contribution in [0, 0.1) is 5.41 Å². The number of methoxy groups -OCH3 is 2. The molecule has 1 saturated carbocycles. The third kappa shape index (κ3) is 5.94. The van der Waals surface area contributed by atoms with Crippen LogP contribution in [0.3, 0.4) is 0 Å². The second-order valence-corrected chi connectivity index (χ2v) is 6.53. The van der Waals surface area contributed by atoms with Gasteiger partial charge in [-0.1, -0.05) is 25.8 Å². The molecular weight excluding hydrogens is 429 g/mol. The fourth-order valence-electron chi connectivity index (χ4n) is 3.45. The maximum atomic E-state index is 5.35. The van der Waals surface area contributed by atoms with Crippen molar-refractivity contribution in [3.63, 3.8) is 0 Å². The molecule has 0 heterocycles. The van der Waals surface area contributed by atoms with Gasteiger partial charge in [-0.15, -0.1) is 24.0 Å². The molecule has 1 aromatic carbocycles. The van der Waals surface area contributed by atoms with Gasteiger partial charge < -0.3 is 20.1 Å². The van der Waals surface area contributed by atoms with Crippen molar-refractivity contribution in [1.29, 1.82) is 0 Å². The minimum Gasteiger partial charge on any atom is -0.493 e. The first-order valence-corrected chi connectivity index (χ1v) is 8.82. The topological polar surface area (TPSA) is 54.9 Å². The highest BCUT2D eigenvalue weighted by Gasteiger charge is 2.31. The van der Waals surface area contributed by atoms with E-state index in [4.69, 9.17) is 9.47 Å². The minimum absolute atomic E-state index is 0. The number of benzene rings is 1. The van der Waals surface area contributed by atoms with Gasteiger partial charge >= 0.3 is 0 Å². The van der Waals surface area contributed by atoms with Crippen LogP contribution in [0.15, 0.2) is 23.2 Å². The van der Waals surface area contributed by atoms with Crippen molar-refractivity contribution in [2.75, 3.05) is 27.8 Å². The van der Waals surface area contributed by atoms with Crippen LogP contribution in [0.1, 0.15) is 44.6 Å². The Morgan fingerprint density at radius 1 is 1.12 bits per heavy atom. The Morgan fingerprint density at radius 2 is 1.80 bits per heavy atom. The average Bonchev–Trinajstić information content (AvgIpc) is 3.11. The molecule has 2 rings (SSSR count). The zero-order valence-corrected chi connectivity index (χ0v) is 18.2. The highest BCUT2D eigenvalue weighted by atomic mass is 127. The second kappa shape index (κ2) is 10.7. The van der Waals surface area contributed by atoms with E-state index in [0.29, 0.717) is 12.0 Å². The molecule has 0 unspecified atom stereocenters. The third-order valence-electron chi connectivity index (χ3n) is 5.18. The second-order valence-electron chi connectivity index (χ2n) is 6.53. The first-order chi connectivity index (χ1) is 11.7. The lowest BCUT2D eigenvalue weighted by Crippen LogP contribution is -2.42. The van der Waals surface area contributed by atoms with Crippen LogP contribution in [0.4, 0.5) is 0 Å². The molecule has 0 amide bonds. The van der Waals surface area contributed by atoms with Crippen molar-refractivity contribution < 1.29 is 9.47 Å². The van der Waals surface area contributed by atoms with Gasteiger partial charge in [0.2, 0.25) is 0 Å². The average molecular weight is 461 g/mol. The highest BCUT2D eigenvalue weighted by molar-refractivity contribution is 14.0. The normalized spacial score (nSPS) is 16.1. The maximum absolute atomic E-state index is 5.35. The summed E-state index contributed by atoms with van der Waals surface area (Å²) < 4.78 is 10.6. The third-order valence-corrected chi connectivity index (χ3v) is 5.18. The fraction of sp³-hybridized carbons (Fsp3) is 0.632. The Hall–Kier alpha value is -1.18. The molecule has 1 aliphatic rings. The maximum Gasteiger partial charge on any atom is 0.191 e. The van der Waals surface area contributed by atoms with Gasteiger partial charge in [0.05, 0.1) is 14.2 Å². The van der Waals surface area contributed by atoms with E-state index in [2.05, 4.69) is 22.5 Å². The van der Waals surface area contributed by atoms with Gasteiger partial charge in [0.1, 0.15) is 0 Å². The Bertz CT molecular complexity index is 558. The Kier molecular flexibility index (Phi) is 9.38. The first kappa shape index (κ1) is 21.9. The molecule has 5 nitrogen and oxygen atoms in total. The molecule has 1 fully saturated rings.